The molecule has 0 radical (unpaired) electrons. The molecule has 0 bridgehead atoms. The molecule has 1 aromatic heterocycles. The maximum absolute atomic E-state index is 12.8. The third kappa shape index (κ3) is 5.12. The number of likely N-dealkylation sites (tertiary alicyclic amines) is 1. The first kappa shape index (κ1) is 20.7. The lowest BCUT2D eigenvalue weighted by Crippen LogP contribution is -2.28. The monoisotopic (exact) mass is 436 g/mol. The van der Waals surface area contributed by atoms with Crippen LogP contribution in [0.5, 0.6) is 0 Å². The number of hydrogen-bond acceptors (Lipinski definition) is 4. The van der Waals surface area contributed by atoms with Crippen LogP contribution in [0, 0.1) is 0 Å². The smallest absolute Gasteiger partial charge is 0.253 e. The number of amides is 2. The first-order chi connectivity index (χ1) is 14.7. The highest BCUT2D eigenvalue weighted by molar-refractivity contribution is 7.98. The minimum atomic E-state index is -0.0967. The van der Waals surface area contributed by atoms with Crippen molar-refractivity contribution in [1.29, 1.82) is 0 Å². The summed E-state index contributed by atoms with van der Waals surface area (Å²) in [6, 6.07) is 19.4. The van der Waals surface area contributed by atoms with Crippen molar-refractivity contribution in [1.82, 2.24) is 10.2 Å². The molecule has 2 heterocycles. The Hall–Kier alpha value is -2.57. The van der Waals surface area contributed by atoms with Crippen LogP contribution in [0.1, 0.15) is 44.0 Å². The van der Waals surface area contributed by atoms with Gasteiger partial charge in [-0.15, -0.1) is 23.1 Å². The van der Waals surface area contributed by atoms with Crippen molar-refractivity contribution in [3.8, 4) is 0 Å². The highest BCUT2D eigenvalue weighted by atomic mass is 32.2. The fraction of sp³-hybridized carbons (Fsp3) is 0.250. The van der Waals surface area contributed by atoms with E-state index in [1.807, 2.05) is 59.5 Å². The van der Waals surface area contributed by atoms with Gasteiger partial charge in [-0.2, -0.15) is 0 Å². The van der Waals surface area contributed by atoms with E-state index < -0.39 is 0 Å². The van der Waals surface area contributed by atoms with Crippen LogP contribution < -0.4 is 5.32 Å². The predicted molar refractivity (Wildman–Crippen MR) is 123 cm³/mol. The second-order valence-electron chi connectivity index (χ2n) is 7.25. The maximum Gasteiger partial charge on any atom is 0.253 e. The molecule has 6 heteroatoms. The molecule has 0 aliphatic carbocycles. The highest BCUT2D eigenvalue weighted by Gasteiger charge is 2.19. The molecular formula is C24H24N2O2S2. The molecule has 1 aliphatic rings. The zero-order chi connectivity index (χ0) is 20.8. The summed E-state index contributed by atoms with van der Waals surface area (Å²) in [5.74, 6) is 0.833. The topological polar surface area (TPSA) is 49.4 Å². The maximum atomic E-state index is 12.8. The molecule has 1 N–H and O–H groups in total. The Morgan fingerprint density at radius 2 is 1.83 bits per heavy atom. The van der Waals surface area contributed by atoms with E-state index in [1.165, 1.54) is 4.88 Å². The van der Waals surface area contributed by atoms with Gasteiger partial charge in [0.2, 0.25) is 0 Å². The van der Waals surface area contributed by atoms with Crippen molar-refractivity contribution >= 4 is 34.9 Å². The Morgan fingerprint density at radius 3 is 2.63 bits per heavy atom. The number of thiophene rings is 1. The van der Waals surface area contributed by atoms with Crippen LogP contribution in [0.2, 0.25) is 0 Å². The second-order valence-corrected chi connectivity index (χ2v) is 9.30. The summed E-state index contributed by atoms with van der Waals surface area (Å²) >= 11 is 3.40. The van der Waals surface area contributed by atoms with E-state index in [-0.39, 0.29) is 11.8 Å². The molecule has 0 unspecified atom stereocenters. The van der Waals surface area contributed by atoms with Gasteiger partial charge in [0.25, 0.3) is 11.8 Å². The first-order valence-corrected chi connectivity index (χ1v) is 12.0. The SMILES string of the molecule is O=C(NCc1cccc(C(=O)N2CCCC2)c1)c1ccccc1SCc1cccs1. The highest BCUT2D eigenvalue weighted by Crippen LogP contribution is 2.28. The standard InChI is InChI=1S/C24H24N2O2S2/c27-23(21-10-1-2-11-22(21)30-17-20-9-6-14-29-20)25-16-18-7-5-8-19(15-18)24(28)26-12-3-4-13-26/h1-2,5-11,14-15H,3-4,12-13,16-17H2,(H,25,27). The second kappa shape index (κ2) is 9.96. The Bertz CT molecular complexity index is 1010. The van der Waals surface area contributed by atoms with Crippen LogP contribution in [-0.2, 0) is 12.3 Å². The summed E-state index contributed by atoms with van der Waals surface area (Å²) in [5.41, 5.74) is 2.30. The van der Waals surface area contributed by atoms with Crippen molar-refractivity contribution in [2.75, 3.05) is 13.1 Å². The van der Waals surface area contributed by atoms with Gasteiger partial charge < -0.3 is 10.2 Å². The van der Waals surface area contributed by atoms with Crippen LogP contribution in [0.25, 0.3) is 0 Å². The van der Waals surface area contributed by atoms with Crippen LogP contribution in [0.3, 0.4) is 0 Å². The lowest BCUT2D eigenvalue weighted by molar-refractivity contribution is 0.0792. The normalized spacial score (nSPS) is 13.4. The fourth-order valence-corrected chi connectivity index (χ4v) is 5.34. The van der Waals surface area contributed by atoms with Crippen molar-refractivity contribution in [3.63, 3.8) is 0 Å². The van der Waals surface area contributed by atoms with Gasteiger partial charge in [-0.3, -0.25) is 9.59 Å². The lowest BCUT2D eigenvalue weighted by atomic mass is 10.1. The number of nitrogens with one attached hydrogen (secondary N) is 1. The van der Waals surface area contributed by atoms with Gasteiger partial charge in [-0.05, 0) is 54.1 Å². The Kier molecular flexibility index (Phi) is 6.87. The van der Waals surface area contributed by atoms with Gasteiger partial charge in [-0.1, -0.05) is 30.3 Å². The van der Waals surface area contributed by atoms with Gasteiger partial charge in [0.15, 0.2) is 0 Å². The molecule has 2 amide bonds. The van der Waals surface area contributed by atoms with E-state index in [9.17, 15) is 9.59 Å². The van der Waals surface area contributed by atoms with Gasteiger partial charge in [0, 0.05) is 40.7 Å². The number of thioether (sulfide) groups is 1. The quantitative estimate of drug-likeness (QED) is 0.518. The minimum Gasteiger partial charge on any atom is -0.348 e. The average molecular weight is 437 g/mol. The number of nitrogens with zero attached hydrogens (tertiary/aromatic N) is 1. The van der Waals surface area contributed by atoms with Gasteiger partial charge in [-0.25, -0.2) is 0 Å². The summed E-state index contributed by atoms with van der Waals surface area (Å²) in [5, 5.41) is 5.08. The van der Waals surface area contributed by atoms with Gasteiger partial charge in [0.05, 0.1) is 5.56 Å². The molecule has 30 heavy (non-hydrogen) atoms. The molecule has 1 fully saturated rings. The molecule has 154 valence electrons. The number of carbonyl (C=O) groups excluding carboxylic acids is 2. The molecule has 0 atom stereocenters. The summed E-state index contributed by atoms with van der Waals surface area (Å²) < 4.78 is 0. The average Bonchev–Trinajstić information content (AvgIpc) is 3.50. The van der Waals surface area contributed by atoms with E-state index in [4.69, 9.17) is 0 Å². The van der Waals surface area contributed by atoms with E-state index in [1.54, 1.807) is 23.1 Å². The van der Waals surface area contributed by atoms with Gasteiger partial charge in [0.1, 0.15) is 0 Å². The predicted octanol–water partition coefficient (Wildman–Crippen LogP) is 5.21. The molecule has 4 nitrogen and oxygen atoms in total. The van der Waals surface area contributed by atoms with Crippen molar-refractivity contribution in [2.24, 2.45) is 0 Å². The summed E-state index contributed by atoms with van der Waals surface area (Å²) in [7, 11) is 0. The summed E-state index contributed by atoms with van der Waals surface area (Å²) in [6.07, 6.45) is 2.15. The fourth-order valence-electron chi connectivity index (χ4n) is 3.52. The molecular weight excluding hydrogens is 412 g/mol. The third-order valence-electron chi connectivity index (χ3n) is 5.10. The molecule has 4 rings (SSSR count). The van der Waals surface area contributed by atoms with Crippen LogP contribution >= 0.6 is 23.1 Å². The number of carbonyl (C=O) groups is 2. The zero-order valence-corrected chi connectivity index (χ0v) is 18.3. The van der Waals surface area contributed by atoms with E-state index in [0.717, 1.165) is 42.1 Å². The lowest BCUT2D eigenvalue weighted by Gasteiger charge is -2.16. The Balaban J connectivity index is 1.39. The van der Waals surface area contributed by atoms with E-state index >= 15 is 0 Å². The number of benzene rings is 2. The van der Waals surface area contributed by atoms with E-state index in [0.29, 0.717) is 17.7 Å². The summed E-state index contributed by atoms with van der Waals surface area (Å²) in [4.78, 5) is 29.6. The molecule has 0 spiro atoms. The number of rotatable bonds is 7. The van der Waals surface area contributed by atoms with Crippen molar-refractivity contribution in [2.45, 2.75) is 30.0 Å². The third-order valence-corrected chi connectivity index (χ3v) is 7.28. The van der Waals surface area contributed by atoms with Crippen molar-refractivity contribution < 1.29 is 9.59 Å². The first-order valence-electron chi connectivity index (χ1n) is 10.1. The van der Waals surface area contributed by atoms with Crippen LogP contribution in [-0.4, -0.2) is 29.8 Å². The largest absolute Gasteiger partial charge is 0.348 e. The molecule has 0 saturated carbocycles. The zero-order valence-electron chi connectivity index (χ0n) is 16.7. The van der Waals surface area contributed by atoms with Crippen LogP contribution in [0.15, 0.2) is 70.9 Å². The van der Waals surface area contributed by atoms with Crippen molar-refractivity contribution in [3.05, 3.63) is 87.6 Å². The molecule has 3 aromatic rings. The molecule has 2 aromatic carbocycles. The Labute approximate surface area is 185 Å². The van der Waals surface area contributed by atoms with E-state index in [2.05, 4.69) is 16.8 Å². The molecule has 1 saturated heterocycles. The number of hydrogen-bond donors (Lipinski definition) is 1. The molecule has 1 aliphatic heterocycles. The van der Waals surface area contributed by atoms with Crippen LogP contribution in [0.4, 0.5) is 0 Å². The summed E-state index contributed by atoms with van der Waals surface area (Å²) in [6.45, 7) is 2.06. The Morgan fingerprint density at radius 1 is 1.00 bits per heavy atom. The minimum absolute atomic E-state index is 0.0796. The van der Waals surface area contributed by atoms with Gasteiger partial charge >= 0.3 is 0 Å².